The average Bonchev–Trinajstić information content (AvgIpc) is 2.40. The van der Waals surface area contributed by atoms with Crippen LogP contribution in [0.25, 0.3) is 0 Å². The zero-order valence-electron chi connectivity index (χ0n) is 10.9. The molecule has 0 bridgehead atoms. The minimum atomic E-state index is -0.369. The SMILES string of the molecule is CC(C)(C#N)N1CCN(c2ccc(Cl)cc2)CC1. The number of anilines is 1. The van der Waals surface area contributed by atoms with E-state index in [9.17, 15) is 0 Å². The van der Waals surface area contributed by atoms with E-state index in [0.717, 1.165) is 31.2 Å². The van der Waals surface area contributed by atoms with Crippen LogP contribution in [0.1, 0.15) is 13.8 Å². The van der Waals surface area contributed by atoms with Crippen molar-refractivity contribution in [1.29, 1.82) is 5.26 Å². The summed E-state index contributed by atoms with van der Waals surface area (Å²) >= 11 is 5.89. The van der Waals surface area contributed by atoms with Crippen molar-refractivity contribution in [3.63, 3.8) is 0 Å². The van der Waals surface area contributed by atoms with Gasteiger partial charge in [0.15, 0.2) is 0 Å². The Morgan fingerprint density at radius 2 is 1.67 bits per heavy atom. The van der Waals surface area contributed by atoms with Gasteiger partial charge in [-0.1, -0.05) is 11.6 Å². The smallest absolute Gasteiger partial charge is 0.103 e. The van der Waals surface area contributed by atoms with Gasteiger partial charge >= 0.3 is 0 Å². The Morgan fingerprint density at radius 1 is 1.11 bits per heavy atom. The Labute approximate surface area is 114 Å². The predicted molar refractivity (Wildman–Crippen MR) is 74.9 cm³/mol. The number of rotatable bonds is 2. The number of hydrogen-bond donors (Lipinski definition) is 0. The lowest BCUT2D eigenvalue weighted by atomic mass is 10.0. The third-order valence-electron chi connectivity index (χ3n) is 3.54. The van der Waals surface area contributed by atoms with E-state index in [0.29, 0.717) is 0 Å². The molecular formula is C14H18ClN3. The fraction of sp³-hybridized carbons (Fsp3) is 0.500. The molecule has 0 amide bonds. The third-order valence-corrected chi connectivity index (χ3v) is 3.79. The van der Waals surface area contributed by atoms with Crippen LogP contribution in [-0.2, 0) is 0 Å². The van der Waals surface area contributed by atoms with Crippen LogP contribution in [0, 0.1) is 11.3 Å². The van der Waals surface area contributed by atoms with E-state index >= 15 is 0 Å². The lowest BCUT2D eigenvalue weighted by Gasteiger charge is -2.41. The van der Waals surface area contributed by atoms with E-state index < -0.39 is 0 Å². The number of piperazine rings is 1. The first kappa shape index (κ1) is 13.2. The van der Waals surface area contributed by atoms with E-state index in [1.54, 1.807) is 0 Å². The third kappa shape index (κ3) is 2.77. The van der Waals surface area contributed by atoms with E-state index in [-0.39, 0.29) is 5.54 Å². The van der Waals surface area contributed by atoms with Crippen LogP contribution < -0.4 is 4.90 Å². The molecule has 1 saturated heterocycles. The van der Waals surface area contributed by atoms with E-state index in [2.05, 4.69) is 15.9 Å². The van der Waals surface area contributed by atoms with Gasteiger partial charge in [-0.3, -0.25) is 4.90 Å². The van der Waals surface area contributed by atoms with Gasteiger partial charge in [0.05, 0.1) is 6.07 Å². The van der Waals surface area contributed by atoms with Crippen molar-refractivity contribution >= 4 is 17.3 Å². The molecule has 4 heteroatoms. The van der Waals surface area contributed by atoms with E-state index in [4.69, 9.17) is 16.9 Å². The molecule has 0 saturated carbocycles. The Bertz CT molecular complexity index is 439. The van der Waals surface area contributed by atoms with Gasteiger partial charge in [0.25, 0.3) is 0 Å². The van der Waals surface area contributed by atoms with Crippen molar-refractivity contribution in [2.24, 2.45) is 0 Å². The molecule has 0 atom stereocenters. The number of hydrogen-bond acceptors (Lipinski definition) is 3. The van der Waals surface area contributed by atoms with Crippen molar-refractivity contribution in [2.75, 3.05) is 31.1 Å². The Balaban J connectivity index is 1.99. The number of nitriles is 1. The summed E-state index contributed by atoms with van der Waals surface area (Å²) in [5.41, 5.74) is 0.834. The highest BCUT2D eigenvalue weighted by molar-refractivity contribution is 6.30. The normalized spacial score (nSPS) is 17.6. The van der Waals surface area contributed by atoms with Crippen molar-refractivity contribution in [2.45, 2.75) is 19.4 Å². The molecule has 0 radical (unpaired) electrons. The molecule has 1 aliphatic rings. The van der Waals surface area contributed by atoms with Crippen molar-refractivity contribution < 1.29 is 0 Å². The fourth-order valence-electron chi connectivity index (χ4n) is 2.25. The molecule has 0 aliphatic carbocycles. The Kier molecular flexibility index (Phi) is 3.79. The van der Waals surface area contributed by atoms with E-state index in [1.165, 1.54) is 5.69 Å². The molecule has 0 spiro atoms. The summed E-state index contributed by atoms with van der Waals surface area (Å²) in [6.07, 6.45) is 0. The topological polar surface area (TPSA) is 30.3 Å². The minimum absolute atomic E-state index is 0.369. The summed E-state index contributed by atoms with van der Waals surface area (Å²) in [4.78, 5) is 4.57. The van der Waals surface area contributed by atoms with Crippen LogP contribution in [-0.4, -0.2) is 36.6 Å². The highest BCUT2D eigenvalue weighted by Gasteiger charge is 2.29. The molecule has 18 heavy (non-hydrogen) atoms. The van der Waals surface area contributed by atoms with Gasteiger partial charge in [-0.15, -0.1) is 0 Å². The fourth-order valence-corrected chi connectivity index (χ4v) is 2.37. The highest BCUT2D eigenvalue weighted by Crippen LogP contribution is 2.22. The molecule has 1 fully saturated rings. The minimum Gasteiger partial charge on any atom is -0.369 e. The zero-order valence-corrected chi connectivity index (χ0v) is 11.6. The van der Waals surface area contributed by atoms with Crippen LogP contribution in [0.2, 0.25) is 5.02 Å². The van der Waals surface area contributed by atoms with Gasteiger partial charge in [0, 0.05) is 36.9 Å². The van der Waals surface area contributed by atoms with Crippen LogP contribution in [0.15, 0.2) is 24.3 Å². The molecule has 2 rings (SSSR count). The van der Waals surface area contributed by atoms with Crippen molar-refractivity contribution in [3.8, 4) is 6.07 Å². The van der Waals surface area contributed by atoms with Gasteiger partial charge in [-0.05, 0) is 38.1 Å². The molecule has 1 aromatic carbocycles. The van der Waals surface area contributed by atoms with Gasteiger partial charge in [-0.2, -0.15) is 5.26 Å². The molecule has 3 nitrogen and oxygen atoms in total. The standard InChI is InChI=1S/C14H18ClN3/c1-14(2,11-16)18-9-7-17(8-10-18)13-5-3-12(15)4-6-13/h3-6H,7-10H2,1-2H3. The molecule has 96 valence electrons. The van der Waals surface area contributed by atoms with Crippen molar-refractivity contribution in [3.05, 3.63) is 29.3 Å². The molecule has 1 aromatic rings. The molecule has 1 heterocycles. The van der Waals surface area contributed by atoms with Crippen LogP contribution in [0.5, 0.6) is 0 Å². The maximum atomic E-state index is 9.14. The predicted octanol–water partition coefficient (Wildman–Crippen LogP) is 2.76. The second kappa shape index (κ2) is 5.17. The molecule has 0 aromatic heterocycles. The number of nitrogens with zero attached hydrogens (tertiary/aromatic N) is 3. The highest BCUT2D eigenvalue weighted by atomic mass is 35.5. The van der Waals surface area contributed by atoms with E-state index in [1.807, 2.05) is 38.1 Å². The lowest BCUT2D eigenvalue weighted by Crippen LogP contribution is -2.54. The first-order valence-electron chi connectivity index (χ1n) is 6.20. The monoisotopic (exact) mass is 263 g/mol. The first-order valence-corrected chi connectivity index (χ1v) is 6.57. The average molecular weight is 264 g/mol. The summed E-state index contributed by atoms with van der Waals surface area (Å²) in [6, 6.07) is 10.3. The maximum Gasteiger partial charge on any atom is 0.103 e. The second-order valence-corrected chi connectivity index (χ2v) is 5.56. The molecule has 0 N–H and O–H groups in total. The van der Waals surface area contributed by atoms with Gasteiger partial charge < -0.3 is 4.90 Å². The zero-order chi connectivity index (χ0) is 13.2. The largest absolute Gasteiger partial charge is 0.369 e. The Hall–Kier alpha value is -1.24. The number of halogens is 1. The summed E-state index contributed by atoms with van der Waals surface area (Å²) in [7, 11) is 0. The molecular weight excluding hydrogens is 246 g/mol. The van der Waals surface area contributed by atoms with Crippen molar-refractivity contribution in [1.82, 2.24) is 4.90 Å². The van der Waals surface area contributed by atoms with Crippen LogP contribution >= 0.6 is 11.6 Å². The second-order valence-electron chi connectivity index (χ2n) is 5.12. The quantitative estimate of drug-likeness (QED) is 0.822. The Morgan fingerprint density at radius 3 is 2.17 bits per heavy atom. The van der Waals surface area contributed by atoms with Gasteiger partial charge in [0.2, 0.25) is 0 Å². The van der Waals surface area contributed by atoms with Gasteiger partial charge in [-0.25, -0.2) is 0 Å². The maximum absolute atomic E-state index is 9.14. The summed E-state index contributed by atoms with van der Waals surface area (Å²) < 4.78 is 0. The first-order chi connectivity index (χ1) is 8.53. The summed E-state index contributed by atoms with van der Waals surface area (Å²) in [6.45, 7) is 7.70. The van der Waals surface area contributed by atoms with Crippen LogP contribution in [0.4, 0.5) is 5.69 Å². The number of benzene rings is 1. The lowest BCUT2D eigenvalue weighted by molar-refractivity contribution is 0.158. The van der Waals surface area contributed by atoms with Crippen LogP contribution in [0.3, 0.4) is 0 Å². The summed E-state index contributed by atoms with van der Waals surface area (Å²) in [5.74, 6) is 0. The summed E-state index contributed by atoms with van der Waals surface area (Å²) in [5, 5.41) is 9.91. The molecule has 0 unspecified atom stereocenters. The van der Waals surface area contributed by atoms with Gasteiger partial charge in [0.1, 0.15) is 5.54 Å². The molecule has 1 aliphatic heterocycles.